The molecule has 13 heteroatoms. The Balaban J connectivity index is 2.11. The number of nitrogens with one attached hydrogen (secondary N) is 2. The fourth-order valence-electron chi connectivity index (χ4n) is 3.17. The highest BCUT2D eigenvalue weighted by molar-refractivity contribution is 7.89. The van der Waals surface area contributed by atoms with Crippen LogP contribution in [0.2, 0.25) is 0 Å². The zero-order valence-electron chi connectivity index (χ0n) is 16.3. The molecule has 0 aromatic heterocycles. The standard InChI is InChI=1S/C18H20F4N2O6S/c1-31(27,28)24-16(25)12-7-11(9-4-5-9)14(29-10-3-2-6-23-8-10)15(13(12)19)30-17(26)18(20,21)22/h7,9-10,23H,2-6,8H2,1H3,(H,24,25)/t10-/m1/s1. The van der Waals surface area contributed by atoms with Crippen LogP contribution in [-0.4, -0.2) is 51.9 Å². The molecule has 1 saturated carbocycles. The van der Waals surface area contributed by atoms with Crippen LogP contribution < -0.4 is 19.5 Å². The molecule has 1 heterocycles. The number of carbonyl (C=O) groups excluding carboxylic acids is 2. The molecule has 2 fully saturated rings. The highest BCUT2D eigenvalue weighted by atomic mass is 32.2. The van der Waals surface area contributed by atoms with Crippen LogP contribution in [0.25, 0.3) is 0 Å². The Labute approximate surface area is 175 Å². The third-order valence-corrected chi connectivity index (χ3v) is 5.26. The lowest BCUT2D eigenvalue weighted by atomic mass is 10.0. The van der Waals surface area contributed by atoms with Crippen molar-refractivity contribution in [3.05, 3.63) is 23.0 Å². The Morgan fingerprint density at radius 1 is 1.19 bits per heavy atom. The monoisotopic (exact) mass is 468 g/mol. The average Bonchev–Trinajstić information content (AvgIpc) is 3.48. The van der Waals surface area contributed by atoms with E-state index in [1.807, 2.05) is 0 Å². The number of hydrogen-bond donors (Lipinski definition) is 2. The summed E-state index contributed by atoms with van der Waals surface area (Å²) in [7, 11) is -4.09. The van der Waals surface area contributed by atoms with E-state index in [0.717, 1.165) is 6.07 Å². The summed E-state index contributed by atoms with van der Waals surface area (Å²) < 4.78 is 87.9. The molecule has 0 unspecified atom stereocenters. The number of sulfonamides is 1. The predicted molar refractivity (Wildman–Crippen MR) is 98.9 cm³/mol. The van der Waals surface area contributed by atoms with Crippen molar-refractivity contribution in [3.8, 4) is 11.5 Å². The lowest BCUT2D eigenvalue weighted by Gasteiger charge is -2.27. The molecule has 1 atom stereocenters. The molecule has 0 radical (unpaired) electrons. The second-order valence-electron chi connectivity index (χ2n) is 7.44. The van der Waals surface area contributed by atoms with E-state index in [2.05, 4.69) is 10.1 Å². The van der Waals surface area contributed by atoms with Gasteiger partial charge in [-0.05, 0) is 44.2 Å². The van der Waals surface area contributed by atoms with Crippen molar-refractivity contribution >= 4 is 21.9 Å². The van der Waals surface area contributed by atoms with Crippen LogP contribution in [0.4, 0.5) is 17.6 Å². The summed E-state index contributed by atoms with van der Waals surface area (Å²) in [5.41, 5.74) is -0.693. The van der Waals surface area contributed by atoms with E-state index in [4.69, 9.17) is 4.74 Å². The number of esters is 1. The molecule has 1 amide bonds. The maximum atomic E-state index is 15.1. The van der Waals surface area contributed by atoms with Crippen LogP contribution in [0.1, 0.15) is 47.5 Å². The Hall–Kier alpha value is -2.41. The van der Waals surface area contributed by atoms with Gasteiger partial charge in [0.15, 0.2) is 11.6 Å². The molecule has 1 aliphatic carbocycles. The molecule has 8 nitrogen and oxygen atoms in total. The number of carbonyl (C=O) groups is 2. The fraction of sp³-hybridized carbons (Fsp3) is 0.556. The summed E-state index contributed by atoms with van der Waals surface area (Å²) in [5, 5.41) is 3.04. The lowest BCUT2D eigenvalue weighted by Crippen LogP contribution is -2.37. The van der Waals surface area contributed by atoms with Gasteiger partial charge < -0.3 is 14.8 Å². The number of amides is 1. The normalized spacial score (nSPS) is 19.6. The van der Waals surface area contributed by atoms with E-state index in [1.165, 1.54) is 0 Å². The minimum Gasteiger partial charge on any atom is -0.485 e. The first-order chi connectivity index (χ1) is 14.4. The molecule has 0 spiro atoms. The van der Waals surface area contributed by atoms with Crippen molar-refractivity contribution in [2.24, 2.45) is 0 Å². The van der Waals surface area contributed by atoms with E-state index in [1.54, 1.807) is 4.72 Å². The minimum absolute atomic E-state index is 0.176. The molecule has 1 aromatic rings. The van der Waals surface area contributed by atoms with Gasteiger partial charge in [-0.15, -0.1) is 0 Å². The smallest absolute Gasteiger partial charge is 0.485 e. The SMILES string of the molecule is CS(=O)(=O)NC(=O)c1cc(C2CC2)c(O[C@@H]2CCCNC2)c(OC(=O)C(F)(F)F)c1F. The van der Waals surface area contributed by atoms with Crippen molar-refractivity contribution in [1.82, 2.24) is 10.0 Å². The van der Waals surface area contributed by atoms with Crippen LogP contribution in [0, 0.1) is 5.82 Å². The van der Waals surface area contributed by atoms with Crippen LogP contribution in [-0.2, 0) is 14.8 Å². The Kier molecular flexibility index (Phi) is 6.46. The molecule has 31 heavy (non-hydrogen) atoms. The molecule has 1 saturated heterocycles. The maximum Gasteiger partial charge on any atom is 0.491 e. The molecule has 3 rings (SSSR count). The number of halogens is 4. The van der Waals surface area contributed by atoms with Gasteiger partial charge in [0.25, 0.3) is 5.91 Å². The third-order valence-electron chi connectivity index (χ3n) is 4.71. The predicted octanol–water partition coefficient (Wildman–Crippen LogP) is 1.99. The number of piperidine rings is 1. The Bertz CT molecular complexity index is 986. The quantitative estimate of drug-likeness (QED) is 0.373. The molecule has 2 aliphatic rings. The fourth-order valence-corrected chi connectivity index (χ4v) is 3.62. The van der Waals surface area contributed by atoms with Gasteiger partial charge in [0, 0.05) is 12.1 Å². The number of ether oxygens (including phenoxy) is 2. The van der Waals surface area contributed by atoms with Gasteiger partial charge in [0.1, 0.15) is 6.10 Å². The molecule has 1 aromatic carbocycles. The topological polar surface area (TPSA) is 111 Å². The summed E-state index contributed by atoms with van der Waals surface area (Å²) in [5.74, 6) is -7.56. The first-order valence-corrected chi connectivity index (χ1v) is 11.3. The highest BCUT2D eigenvalue weighted by Crippen LogP contribution is 2.50. The summed E-state index contributed by atoms with van der Waals surface area (Å²) in [6, 6.07) is 1.03. The molecule has 172 valence electrons. The van der Waals surface area contributed by atoms with Gasteiger partial charge in [0.2, 0.25) is 15.8 Å². The van der Waals surface area contributed by atoms with Crippen LogP contribution in [0.5, 0.6) is 11.5 Å². The van der Waals surface area contributed by atoms with Crippen molar-refractivity contribution < 1.29 is 45.0 Å². The Morgan fingerprint density at radius 3 is 2.39 bits per heavy atom. The summed E-state index contributed by atoms with van der Waals surface area (Å²) in [6.45, 7) is 1.05. The average molecular weight is 468 g/mol. The van der Waals surface area contributed by atoms with Crippen molar-refractivity contribution in [3.63, 3.8) is 0 Å². The maximum absolute atomic E-state index is 15.1. The number of alkyl halides is 3. The Morgan fingerprint density at radius 2 is 1.87 bits per heavy atom. The van der Waals surface area contributed by atoms with Crippen LogP contribution in [0.3, 0.4) is 0 Å². The second kappa shape index (κ2) is 8.61. The lowest BCUT2D eigenvalue weighted by molar-refractivity contribution is -0.190. The van der Waals surface area contributed by atoms with E-state index in [-0.39, 0.29) is 17.2 Å². The highest BCUT2D eigenvalue weighted by Gasteiger charge is 2.44. The van der Waals surface area contributed by atoms with Gasteiger partial charge in [0.05, 0.1) is 11.8 Å². The van der Waals surface area contributed by atoms with Crippen molar-refractivity contribution in [2.45, 2.75) is 43.9 Å². The summed E-state index contributed by atoms with van der Waals surface area (Å²) >= 11 is 0. The zero-order valence-corrected chi connectivity index (χ0v) is 17.2. The molecule has 0 bridgehead atoms. The van der Waals surface area contributed by atoms with Crippen molar-refractivity contribution in [2.75, 3.05) is 19.3 Å². The number of hydrogen-bond acceptors (Lipinski definition) is 7. The molecular weight excluding hydrogens is 448 g/mol. The largest absolute Gasteiger partial charge is 0.491 e. The van der Waals surface area contributed by atoms with Gasteiger partial charge >= 0.3 is 12.1 Å². The van der Waals surface area contributed by atoms with E-state index in [0.29, 0.717) is 45.0 Å². The number of rotatable bonds is 6. The number of benzene rings is 1. The van der Waals surface area contributed by atoms with Crippen molar-refractivity contribution in [1.29, 1.82) is 0 Å². The van der Waals surface area contributed by atoms with Gasteiger partial charge in [-0.25, -0.2) is 22.3 Å². The second-order valence-corrected chi connectivity index (χ2v) is 9.19. The van der Waals surface area contributed by atoms with Gasteiger partial charge in [-0.2, -0.15) is 13.2 Å². The summed E-state index contributed by atoms with van der Waals surface area (Å²) in [4.78, 5) is 23.7. The first kappa shape index (κ1) is 23.3. The third kappa shape index (κ3) is 5.85. The molecule has 1 aliphatic heterocycles. The van der Waals surface area contributed by atoms with E-state index < -0.39 is 51.3 Å². The van der Waals surface area contributed by atoms with E-state index >= 15 is 4.39 Å². The van der Waals surface area contributed by atoms with Crippen LogP contribution >= 0.6 is 0 Å². The summed E-state index contributed by atoms with van der Waals surface area (Å²) in [6.07, 6.45) is -2.89. The van der Waals surface area contributed by atoms with Gasteiger partial charge in [-0.1, -0.05) is 0 Å². The van der Waals surface area contributed by atoms with E-state index in [9.17, 15) is 31.2 Å². The minimum atomic E-state index is -5.43. The van der Waals surface area contributed by atoms with Crippen LogP contribution in [0.15, 0.2) is 6.07 Å². The molecular formula is C18H20F4N2O6S. The first-order valence-electron chi connectivity index (χ1n) is 9.41. The molecule has 2 N–H and O–H groups in total. The van der Waals surface area contributed by atoms with Gasteiger partial charge in [-0.3, -0.25) is 4.79 Å². The zero-order chi connectivity index (χ0) is 23.0.